The van der Waals surface area contributed by atoms with Crippen LogP contribution in [-0.4, -0.2) is 47.2 Å². The minimum Gasteiger partial charge on any atom is -0.367 e. The summed E-state index contributed by atoms with van der Waals surface area (Å²) in [6.45, 7) is 0.144. The Morgan fingerprint density at radius 2 is 1.73 bits per heavy atom. The maximum Gasteiger partial charge on any atom is 0.244 e. The highest BCUT2D eigenvalue weighted by Gasteiger charge is 2.00. The minimum atomic E-state index is -1.60. The normalized spacial score (nSPS) is 10.7. The van der Waals surface area contributed by atoms with Gasteiger partial charge in [0.1, 0.15) is 0 Å². The first-order chi connectivity index (χ1) is 7.06. The Hall–Kier alpha value is -1.05. The van der Waals surface area contributed by atoms with Crippen LogP contribution >= 0.6 is 12.6 Å². The van der Waals surface area contributed by atoms with Crippen molar-refractivity contribution in [3.05, 3.63) is 12.2 Å². The molecule has 0 aliphatic carbocycles. The van der Waals surface area contributed by atoms with Crippen LogP contribution in [-0.2, 0) is 9.59 Å². The maximum absolute atomic E-state index is 10.9. The van der Waals surface area contributed by atoms with Gasteiger partial charge in [-0.1, -0.05) is 0 Å². The van der Waals surface area contributed by atoms with Gasteiger partial charge < -0.3 is 20.8 Å². The number of hydrogen-bond acceptors (Lipinski definition) is 5. The molecule has 4 N–H and O–H groups in total. The SMILES string of the molecule is O=C(C=CC(=O)NCC(O)O)NCCS. The molecule has 0 saturated carbocycles. The van der Waals surface area contributed by atoms with E-state index in [0.29, 0.717) is 12.3 Å². The van der Waals surface area contributed by atoms with Gasteiger partial charge in [-0.15, -0.1) is 0 Å². The standard InChI is InChI=1S/C8H14N2O4S/c11-6(9-3-4-15)1-2-7(12)10-5-8(13)14/h1-2,8,13-15H,3-5H2,(H,9,11)(H,10,12). The first-order valence-corrected chi connectivity index (χ1v) is 4.90. The van der Waals surface area contributed by atoms with Crippen molar-refractivity contribution in [3.63, 3.8) is 0 Å². The number of nitrogens with one attached hydrogen (secondary N) is 2. The second kappa shape index (κ2) is 8.27. The van der Waals surface area contributed by atoms with E-state index in [-0.39, 0.29) is 6.54 Å². The topological polar surface area (TPSA) is 98.7 Å². The Kier molecular flexibility index (Phi) is 7.69. The van der Waals surface area contributed by atoms with Crippen molar-refractivity contribution in [2.75, 3.05) is 18.8 Å². The molecule has 0 bridgehead atoms. The van der Waals surface area contributed by atoms with Crippen LogP contribution in [0.2, 0.25) is 0 Å². The zero-order chi connectivity index (χ0) is 11.7. The number of amides is 2. The van der Waals surface area contributed by atoms with Gasteiger partial charge in [0.05, 0.1) is 6.54 Å². The van der Waals surface area contributed by atoms with Crippen molar-refractivity contribution in [1.82, 2.24) is 10.6 Å². The van der Waals surface area contributed by atoms with E-state index in [9.17, 15) is 9.59 Å². The van der Waals surface area contributed by atoms with Gasteiger partial charge in [0.25, 0.3) is 0 Å². The molecule has 0 heterocycles. The highest BCUT2D eigenvalue weighted by atomic mass is 32.1. The lowest BCUT2D eigenvalue weighted by Crippen LogP contribution is -2.31. The molecule has 0 aliphatic heterocycles. The Morgan fingerprint density at radius 3 is 2.20 bits per heavy atom. The van der Waals surface area contributed by atoms with Gasteiger partial charge in [-0.25, -0.2) is 0 Å². The van der Waals surface area contributed by atoms with Crippen LogP contribution in [0.5, 0.6) is 0 Å². The molecule has 0 aromatic rings. The summed E-state index contributed by atoms with van der Waals surface area (Å²) < 4.78 is 0. The number of carbonyl (C=O) groups is 2. The zero-order valence-electron chi connectivity index (χ0n) is 8.01. The second-order valence-electron chi connectivity index (χ2n) is 2.57. The molecule has 2 amide bonds. The Morgan fingerprint density at radius 1 is 1.20 bits per heavy atom. The minimum absolute atomic E-state index is 0.276. The second-order valence-corrected chi connectivity index (χ2v) is 3.02. The smallest absolute Gasteiger partial charge is 0.244 e. The number of hydrogen-bond donors (Lipinski definition) is 5. The molecule has 0 fully saturated rings. The van der Waals surface area contributed by atoms with Gasteiger partial charge in [-0.3, -0.25) is 9.59 Å². The third-order valence-corrected chi connectivity index (χ3v) is 1.48. The Labute approximate surface area is 92.8 Å². The molecule has 15 heavy (non-hydrogen) atoms. The van der Waals surface area contributed by atoms with Gasteiger partial charge in [0.15, 0.2) is 6.29 Å². The maximum atomic E-state index is 10.9. The molecular formula is C8H14N2O4S. The van der Waals surface area contributed by atoms with Crippen LogP contribution in [0.1, 0.15) is 0 Å². The van der Waals surface area contributed by atoms with Crippen LogP contribution < -0.4 is 10.6 Å². The van der Waals surface area contributed by atoms with E-state index in [2.05, 4.69) is 23.3 Å². The molecule has 0 atom stereocenters. The van der Waals surface area contributed by atoms with Crippen molar-refractivity contribution in [2.45, 2.75) is 6.29 Å². The van der Waals surface area contributed by atoms with E-state index >= 15 is 0 Å². The van der Waals surface area contributed by atoms with Gasteiger partial charge in [0.2, 0.25) is 11.8 Å². The van der Waals surface area contributed by atoms with E-state index < -0.39 is 18.1 Å². The predicted molar refractivity (Wildman–Crippen MR) is 57.2 cm³/mol. The average Bonchev–Trinajstić information content (AvgIpc) is 2.20. The third-order valence-electron chi connectivity index (χ3n) is 1.26. The van der Waals surface area contributed by atoms with Gasteiger partial charge >= 0.3 is 0 Å². The predicted octanol–water partition coefficient (Wildman–Crippen LogP) is -1.98. The molecule has 0 rings (SSSR count). The monoisotopic (exact) mass is 234 g/mol. The molecular weight excluding hydrogens is 220 g/mol. The van der Waals surface area contributed by atoms with Gasteiger partial charge in [-0.05, 0) is 0 Å². The molecule has 0 aromatic heterocycles. The van der Waals surface area contributed by atoms with Crippen molar-refractivity contribution in [3.8, 4) is 0 Å². The molecule has 0 aliphatic rings. The molecule has 0 spiro atoms. The summed E-state index contributed by atoms with van der Waals surface area (Å²) in [5.74, 6) is -0.449. The van der Waals surface area contributed by atoms with Crippen molar-refractivity contribution >= 4 is 24.4 Å². The van der Waals surface area contributed by atoms with Crippen molar-refractivity contribution < 1.29 is 19.8 Å². The zero-order valence-corrected chi connectivity index (χ0v) is 8.91. The number of carbonyl (C=O) groups excluding carboxylic acids is 2. The molecule has 7 heteroatoms. The summed E-state index contributed by atoms with van der Waals surface area (Å²) in [4.78, 5) is 21.8. The van der Waals surface area contributed by atoms with Crippen LogP contribution in [0.4, 0.5) is 0 Å². The first kappa shape index (κ1) is 13.9. The highest BCUT2D eigenvalue weighted by molar-refractivity contribution is 7.80. The number of aliphatic hydroxyl groups excluding tert-OH is 1. The summed E-state index contributed by atoms with van der Waals surface area (Å²) in [7, 11) is 0. The largest absolute Gasteiger partial charge is 0.367 e. The molecule has 6 nitrogen and oxygen atoms in total. The average molecular weight is 234 g/mol. The molecule has 0 radical (unpaired) electrons. The Balaban J connectivity index is 3.74. The summed E-state index contributed by atoms with van der Waals surface area (Å²) in [5.41, 5.74) is 0. The van der Waals surface area contributed by atoms with Crippen LogP contribution in [0, 0.1) is 0 Å². The summed E-state index contributed by atoms with van der Waals surface area (Å²) in [5, 5.41) is 21.5. The van der Waals surface area contributed by atoms with Gasteiger partial charge in [0, 0.05) is 24.4 Å². The van der Waals surface area contributed by atoms with E-state index in [1.54, 1.807) is 0 Å². The van der Waals surface area contributed by atoms with E-state index in [0.717, 1.165) is 12.2 Å². The lowest BCUT2D eigenvalue weighted by atomic mass is 10.4. The fourth-order valence-corrected chi connectivity index (χ4v) is 0.752. The van der Waals surface area contributed by atoms with E-state index in [1.165, 1.54) is 0 Å². The lowest BCUT2D eigenvalue weighted by molar-refractivity contribution is -0.120. The van der Waals surface area contributed by atoms with Crippen LogP contribution in [0.15, 0.2) is 12.2 Å². The lowest BCUT2D eigenvalue weighted by Gasteiger charge is -2.02. The third kappa shape index (κ3) is 9.26. The fraction of sp³-hybridized carbons (Fsp3) is 0.500. The van der Waals surface area contributed by atoms with Crippen LogP contribution in [0.25, 0.3) is 0 Å². The quantitative estimate of drug-likeness (QED) is 0.209. The summed E-state index contributed by atoms with van der Waals surface area (Å²) >= 11 is 3.89. The number of rotatable bonds is 6. The van der Waals surface area contributed by atoms with E-state index in [1.807, 2.05) is 0 Å². The van der Waals surface area contributed by atoms with E-state index in [4.69, 9.17) is 10.2 Å². The molecule has 0 aromatic carbocycles. The molecule has 0 unspecified atom stereocenters. The highest BCUT2D eigenvalue weighted by Crippen LogP contribution is 1.78. The summed E-state index contributed by atoms with van der Waals surface area (Å²) in [6, 6.07) is 0. The first-order valence-electron chi connectivity index (χ1n) is 4.27. The molecule has 0 saturated heterocycles. The van der Waals surface area contributed by atoms with Crippen LogP contribution in [0.3, 0.4) is 0 Å². The van der Waals surface area contributed by atoms with Crippen molar-refractivity contribution in [1.29, 1.82) is 0 Å². The van der Waals surface area contributed by atoms with Crippen molar-refractivity contribution in [2.24, 2.45) is 0 Å². The number of aliphatic hydroxyl groups is 2. The fourth-order valence-electron chi connectivity index (χ4n) is 0.640. The van der Waals surface area contributed by atoms with Gasteiger partial charge in [-0.2, -0.15) is 12.6 Å². The molecule has 86 valence electrons. The summed E-state index contributed by atoms with van der Waals surface area (Å²) in [6.07, 6.45) is 0.471. The Bertz CT molecular complexity index is 243. The number of thiol groups is 1.